The molecule has 2 amide bonds. The number of hydrogen-bond acceptors (Lipinski definition) is 5. The van der Waals surface area contributed by atoms with Crippen molar-refractivity contribution in [2.45, 2.75) is 58.7 Å². The van der Waals surface area contributed by atoms with Gasteiger partial charge in [0.25, 0.3) is 11.8 Å². The lowest BCUT2D eigenvalue weighted by Crippen LogP contribution is -2.49. The summed E-state index contributed by atoms with van der Waals surface area (Å²) in [6.45, 7) is 6.20. The minimum Gasteiger partial charge on any atom is -0.484 e. The van der Waals surface area contributed by atoms with Gasteiger partial charge in [0.2, 0.25) is 0 Å². The molecule has 2 unspecified atom stereocenters. The van der Waals surface area contributed by atoms with Crippen LogP contribution in [0.2, 0.25) is 0 Å². The maximum atomic E-state index is 12.6. The molecule has 0 radical (unpaired) electrons. The molecule has 0 bridgehead atoms. The van der Waals surface area contributed by atoms with Gasteiger partial charge >= 0.3 is 5.97 Å². The third kappa shape index (κ3) is 6.59. The Morgan fingerprint density at radius 2 is 1.62 bits per heavy atom. The van der Waals surface area contributed by atoms with Gasteiger partial charge < -0.3 is 19.3 Å². The van der Waals surface area contributed by atoms with Crippen LogP contribution in [0.15, 0.2) is 48.5 Å². The van der Waals surface area contributed by atoms with Crippen molar-refractivity contribution in [2.24, 2.45) is 0 Å². The number of hydrogen-bond donors (Lipinski definition) is 0. The quantitative estimate of drug-likeness (QED) is 0.550. The molecule has 7 nitrogen and oxygen atoms in total. The van der Waals surface area contributed by atoms with E-state index in [1.54, 1.807) is 31.3 Å². The fraction of sp³-hybridized carbons (Fsp3) is 0.444. The van der Waals surface area contributed by atoms with E-state index in [0.717, 1.165) is 30.4 Å². The number of rotatable bonds is 8. The van der Waals surface area contributed by atoms with E-state index >= 15 is 0 Å². The lowest BCUT2D eigenvalue weighted by Gasteiger charge is -2.38. The Balaban J connectivity index is 1.45. The zero-order valence-electron chi connectivity index (χ0n) is 20.5. The highest BCUT2D eigenvalue weighted by molar-refractivity contribution is 5.91. The summed E-state index contributed by atoms with van der Waals surface area (Å²) in [6.07, 6.45) is 3.16. The van der Waals surface area contributed by atoms with Crippen molar-refractivity contribution >= 4 is 17.8 Å². The standard InChI is InChI=1S/C27H34N2O5/c1-19-8-5-6-11-23(19)16-28(4)25(30)17-34-27(32)22-12-14-24(15-13-22)33-18-26(31)29-20(2)9-7-10-21(29)3/h5-6,8,11-15,20-21H,7,9-10,16-18H2,1-4H3. The number of carbonyl (C=O) groups is 3. The van der Waals surface area contributed by atoms with Crippen LogP contribution in [-0.2, 0) is 20.9 Å². The van der Waals surface area contributed by atoms with Gasteiger partial charge in [0.05, 0.1) is 5.56 Å². The molecular weight excluding hydrogens is 432 g/mol. The fourth-order valence-electron chi connectivity index (χ4n) is 4.27. The molecule has 3 rings (SSSR count). The molecule has 1 aliphatic heterocycles. The topological polar surface area (TPSA) is 76.1 Å². The van der Waals surface area contributed by atoms with Gasteiger partial charge in [-0.1, -0.05) is 24.3 Å². The molecule has 0 aromatic heterocycles. The van der Waals surface area contributed by atoms with E-state index in [9.17, 15) is 14.4 Å². The summed E-state index contributed by atoms with van der Waals surface area (Å²) >= 11 is 0. The Bertz CT molecular complexity index is 994. The van der Waals surface area contributed by atoms with Crippen molar-refractivity contribution in [3.05, 3.63) is 65.2 Å². The van der Waals surface area contributed by atoms with Crippen molar-refractivity contribution in [1.29, 1.82) is 0 Å². The number of piperidine rings is 1. The fourth-order valence-corrected chi connectivity index (χ4v) is 4.27. The Morgan fingerprint density at radius 1 is 0.971 bits per heavy atom. The van der Waals surface area contributed by atoms with Crippen LogP contribution in [0.25, 0.3) is 0 Å². The van der Waals surface area contributed by atoms with Crippen molar-refractivity contribution in [2.75, 3.05) is 20.3 Å². The summed E-state index contributed by atoms with van der Waals surface area (Å²) in [4.78, 5) is 40.7. The van der Waals surface area contributed by atoms with Gasteiger partial charge in [0.15, 0.2) is 13.2 Å². The smallest absolute Gasteiger partial charge is 0.338 e. The first-order valence-corrected chi connectivity index (χ1v) is 11.8. The maximum absolute atomic E-state index is 12.6. The molecule has 2 aromatic carbocycles. The van der Waals surface area contributed by atoms with E-state index in [1.807, 2.05) is 36.1 Å². The normalized spacial score (nSPS) is 17.7. The summed E-state index contributed by atoms with van der Waals surface area (Å²) in [5, 5.41) is 0. The van der Waals surface area contributed by atoms with Gasteiger partial charge in [-0.05, 0) is 75.4 Å². The molecule has 2 aromatic rings. The average Bonchev–Trinajstić information content (AvgIpc) is 2.82. The molecule has 7 heteroatoms. The Kier molecular flexibility index (Phi) is 8.68. The minimum atomic E-state index is -0.587. The van der Waals surface area contributed by atoms with E-state index in [4.69, 9.17) is 9.47 Å². The lowest BCUT2D eigenvalue weighted by atomic mass is 9.97. The summed E-state index contributed by atoms with van der Waals surface area (Å²) in [5.74, 6) is -0.403. The van der Waals surface area contributed by atoms with Crippen LogP contribution in [0.1, 0.15) is 54.6 Å². The van der Waals surface area contributed by atoms with Crippen molar-refractivity contribution in [3.63, 3.8) is 0 Å². The number of likely N-dealkylation sites (tertiary alicyclic amines) is 1. The summed E-state index contributed by atoms with van der Waals surface area (Å²) in [5.41, 5.74) is 2.46. The monoisotopic (exact) mass is 466 g/mol. The highest BCUT2D eigenvalue weighted by Gasteiger charge is 2.29. The predicted molar refractivity (Wildman–Crippen MR) is 129 cm³/mol. The molecular formula is C27H34N2O5. The molecule has 182 valence electrons. The number of benzene rings is 2. The van der Waals surface area contributed by atoms with E-state index in [1.165, 1.54) is 4.90 Å². The summed E-state index contributed by atoms with van der Waals surface area (Å²) in [7, 11) is 1.68. The number of ether oxygens (including phenoxy) is 2. The highest BCUT2D eigenvalue weighted by atomic mass is 16.5. The van der Waals surface area contributed by atoms with E-state index in [0.29, 0.717) is 17.9 Å². The van der Waals surface area contributed by atoms with Crippen molar-refractivity contribution in [3.8, 4) is 5.75 Å². The number of aryl methyl sites for hydroxylation is 1. The summed E-state index contributed by atoms with van der Waals surface area (Å²) in [6, 6.07) is 14.7. The van der Waals surface area contributed by atoms with Gasteiger partial charge in [-0.2, -0.15) is 0 Å². The number of amides is 2. The molecule has 1 aliphatic rings. The largest absolute Gasteiger partial charge is 0.484 e. The van der Waals surface area contributed by atoms with Crippen LogP contribution in [0.3, 0.4) is 0 Å². The van der Waals surface area contributed by atoms with Crippen molar-refractivity contribution in [1.82, 2.24) is 9.80 Å². The van der Waals surface area contributed by atoms with Crippen LogP contribution >= 0.6 is 0 Å². The number of esters is 1. The SMILES string of the molecule is Cc1ccccc1CN(C)C(=O)COC(=O)c1ccc(OCC(=O)N2C(C)CCCC2C)cc1. The zero-order valence-corrected chi connectivity index (χ0v) is 20.5. The first kappa shape index (κ1) is 25.3. The Hall–Kier alpha value is -3.35. The van der Waals surface area contributed by atoms with E-state index in [2.05, 4.69) is 13.8 Å². The van der Waals surface area contributed by atoms with Gasteiger partial charge in [-0.15, -0.1) is 0 Å². The van der Waals surface area contributed by atoms with Crippen LogP contribution in [0, 0.1) is 6.92 Å². The second kappa shape index (κ2) is 11.7. The van der Waals surface area contributed by atoms with Gasteiger partial charge in [-0.25, -0.2) is 4.79 Å². The third-order valence-electron chi connectivity index (χ3n) is 6.36. The molecule has 1 heterocycles. The Morgan fingerprint density at radius 3 is 2.26 bits per heavy atom. The summed E-state index contributed by atoms with van der Waals surface area (Å²) < 4.78 is 10.8. The number of carbonyl (C=O) groups excluding carboxylic acids is 3. The minimum absolute atomic E-state index is 0.0310. The average molecular weight is 467 g/mol. The van der Waals surface area contributed by atoms with Crippen LogP contribution < -0.4 is 4.74 Å². The maximum Gasteiger partial charge on any atom is 0.338 e. The highest BCUT2D eigenvalue weighted by Crippen LogP contribution is 2.23. The van der Waals surface area contributed by atoms with Crippen molar-refractivity contribution < 1.29 is 23.9 Å². The third-order valence-corrected chi connectivity index (χ3v) is 6.36. The predicted octanol–water partition coefficient (Wildman–Crippen LogP) is 3.98. The molecule has 1 saturated heterocycles. The van der Waals surface area contributed by atoms with Crippen LogP contribution in [0.4, 0.5) is 0 Å². The van der Waals surface area contributed by atoms with E-state index < -0.39 is 5.97 Å². The number of nitrogens with zero attached hydrogens (tertiary/aromatic N) is 2. The first-order valence-electron chi connectivity index (χ1n) is 11.8. The van der Waals surface area contributed by atoms with Crippen LogP contribution in [0.5, 0.6) is 5.75 Å². The van der Waals surface area contributed by atoms with Gasteiger partial charge in [0.1, 0.15) is 5.75 Å². The van der Waals surface area contributed by atoms with Crippen LogP contribution in [-0.4, -0.2) is 59.9 Å². The molecule has 0 spiro atoms. The molecule has 0 aliphatic carbocycles. The molecule has 0 N–H and O–H groups in total. The first-order chi connectivity index (χ1) is 16.3. The lowest BCUT2D eigenvalue weighted by molar-refractivity contribution is -0.139. The molecule has 2 atom stereocenters. The van der Waals surface area contributed by atoms with Gasteiger partial charge in [-0.3, -0.25) is 9.59 Å². The van der Waals surface area contributed by atoms with Gasteiger partial charge in [0, 0.05) is 25.7 Å². The second-order valence-corrected chi connectivity index (χ2v) is 9.00. The van der Waals surface area contributed by atoms with E-state index in [-0.39, 0.29) is 37.1 Å². The molecule has 0 saturated carbocycles. The Labute approximate surface area is 201 Å². The zero-order chi connectivity index (χ0) is 24.7. The number of likely N-dealkylation sites (N-methyl/N-ethyl adjacent to an activating group) is 1. The second-order valence-electron chi connectivity index (χ2n) is 9.00. The molecule has 34 heavy (non-hydrogen) atoms. The molecule has 1 fully saturated rings.